The summed E-state index contributed by atoms with van der Waals surface area (Å²) in [6.07, 6.45) is -0.758. The third-order valence-corrected chi connectivity index (χ3v) is 3.03. The van der Waals surface area contributed by atoms with Crippen molar-refractivity contribution in [3.05, 3.63) is 53.9 Å². The number of carbonyl (C=O) groups excluding carboxylic acids is 1. The molecule has 0 saturated heterocycles. The molecule has 0 aliphatic heterocycles. The maximum Gasteiger partial charge on any atom is 0.416 e. The molecule has 0 N–H and O–H groups in total. The van der Waals surface area contributed by atoms with Crippen LogP contribution in [-0.4, -0.2) is 20.9 Å². The second-order valence-corrected chi connectivity index (χ2v) is 4.37. The molecular formula is C14H8F3N3O. The first kappa shape index (κ1) is 13.3. The van der Waals surface area contributed by atoms with Gasteiger partial charge >= 0.3 is 6.18 Å². The van der Waals surface area contributed by atoms with Crippen molar-refractivity contribution in [3.8, 4) is 11.3 Å². The van der Waals surface area contributed by atoms with Crippen LogP contribution >= 0.6 is 0 Å². The van der Waals surface area contributed by atoms with Gasteiger partial charge < -0.3 is 0 Å². The molecule has 7 heteroatoms. The number of aldehydes is 1. The molecule has 2 aromatic heterocycles. The van der Waals surface area contributed by atoms with Gasteiger partial charge in [0.25, 0.3) is 0 Å². The molecule has 21 heavy (non-hydrogen) atoms. The fourth-order valence-corrected chi connectivity index (χ4v) is 1.96. The summed E-state index contributed by atoms with van der Waals surface area (Å²) in [5, 5.41) is 3.94. The second-order valence-electron chi connectivity index (χ2n) is 4.37. The number of alkyl halides is 3. The van der Waals surface area contributed by atoms with Crippen molar-refractivity contribution >= 4 is 11.9 Å². The van der Waals surface area contributed by atoms with Crippen molar-refractivity contribution in [2.75, 3.05) is 0 Å². The zero-order valence-corrected chi connectivity index (χ0v) is 10.5. The standard InChI is InChI=1S/C14H8F3N3O/c15-14(16,17)11-3-1-9(2-4-11)12-5-6-20-13(19-12)10(8-21)7-18-20/h1-8H. The minimum Gasteiger partial charge on any atom is -0.298 e. The Kier molecular flexibility index (Phi) is 2.97. The number of halogens is 3. The van der Waals surface area contributed by atoms with E-state index >= 15 is 0 Å². The first-order valence-corrected chi connectivity index (χ1v) is 5.96. The van der Waals surface area contributed by atoms with Gasteiger partial charge in [-0.1, -0.05) is 12.1 Å². The predicted molar refractivity (Wildman–Crippen MR) is 68.8 cm³/mol. The van der Waals surface area contributed by atoms with Gasteiger partial charge in [0.05, 0.1) is 23.0 Å². The molecule has 3 rings (SSSR count). The van der Waals surface area contributed by atoms with Crippen LogP contribution in [0.4, 0.5) is 13.2 Å². The Labute approximate surface area is 116 Å². The van der Waals surface area contributed by atoms with Crippen molar-refractivity contribution in [2.24, 2.45) is 0 Å². The SMILES string of the molecule is O=Cc1cnn2ccc(-c3ccc(C(F)(F)F)cc3)nc12. The Balaban J connectivity index is 2.05. The molecular weight excluding hydrogens is 283 g/mol. The van der Waals surface area contributed by atoms with Gasteiger partial charge in [0.1, 0.15) is 0 Å². The topological polar surface area (TPSA) is 47.3 Å². The van der Waals surface area contributed by atoms with Crippen LogP contribution < -0.4 is 0 Å². The van der Waals surface area contributed by atoms with Crippen LogP contribution in [0.1, 0.15) is 15.9 Å². The maximum atomic E-state index is 12.5. The molecule has 0 bridgehead atoms. The molecule has 4 nitrogen and oxygen atoms in total. The van der Waals surface area contributed by atoms with E-state index in [4.69, 9.17) is 0 Å². The fraction of sp³-hybridized carbons (Fsp3) is 0.0714. The number of hydrogen-bond acceptors (Lipinski definition) is 3. The van der Waals surface area contributed by atoms with Crippen molar-refractivity contribution in [1.82, 2.24) is 14.6 Å². The van der Waals surface area contributed by atoms with Crippen LogP contribution in [0, 0.1) is 0 Å². The molecule has 0 saturated carbocycles. The van der Waals surface area contributed by atoms with Crippen LogP contribution in [0.5, 0.6) is 0 Å². The number of benzene rings is 1. The lowest BCUT2D eigenvalue weighted by Gasteiger charge is -2.07. The van der Waals surface area contributed by atoms with Crippen LogP contribution in [0.25, 0.3) is 16.9 Å². The molecule has 0 fully saturated rings. The summed E-state index contributed by atoms with van der Waals surface area (Å²) in [4.78, 5) is 15.1. The van der Waals surface area contributed by atoms with Crippen molar-refractivity contribution in [3.63, 3.8) is 0 Å². The molecule has 0 unspecified atom stereocenters. The summed E-state index contributed by atoms with van der Waals surface area (Å²) in [5.74, 6) is 0. The van der Waals surface area contributed by atoms with E-state index in [0.29, 0.717) is 28.8 Å². The summed E-state index contributed by atoms with van der Waals surface area (Å²) in [5.41, 5.74) is 0.972. The summed E-state index contributed by atoms with van der Waals surface area (Å²) >= 11 is 0. The smallest absolute Gasteiger partial charge is 0.298 e. The molecule has 0 aliphatic rings. The van der Waals surface area contributed by atoms with Crippen molar-refractivity contribution in [2.45, 2.75) is 6.18 Å². The van der Waals surface area contributed by atoms with E-state index < -0.39 is 11.7 Å². The third-order valence-electron chi connectivity index (χ3n) is 3.03. The Bertz CT molecular complexity index is 806. The zero-order valence-electron chi connectivity index (χ0n) is 10.5. The van der Waals surface area contributed by atoms with E-state index in [1.807, 2.05) is 0 Å². The normalized spacial score (nSPS) is 11.8. The van der Waals surface area contributed by atoms with E-state index in [-0.39, 0.29) is 0 Å². The lowest BCUT2D eigenvalue weighted by Crippen LogP contribution is -2.04. The maximum absolute atomic E-state index is 12.5. The van der Waals surface area contributed by atoms with Crippen molar-refractivity contribution in [1.29, 1.82) is 0 Å². The number of rotatable bonds is 2. The van der Waals surface area contributed by atoms with Gasteiger partial charge in [0.15, 0.2) is 11.9 Å². The quantitative estimate of drug-likeness (QED) is 0.681. The Morgan fingerprint density at radius 2 is 1.81 bits per heavy atom. The lowest BCUT2D eigenvalue weighted by atomic mass is 10.1. The molecule has 0 amide bonds. The number of hydrogen-bond donors (Lipinski definition) is 0. The summed E-state index contributed by atoms with van der Waals surface area (Å²) < 4.78 is 39.0. The number of carbonyl (C=O) groups is 1. The summed E-state index contributed by atoms with van der Waals surface area (Å²) in [7, 11) is 0. The van der Waals surface area contributed by atoms with E-state index in [2.05, 4.69) is 10.1 Å². The Morgan fingerprint density at radius 3 is 2.43 bits per heavy atom. The molecule has 3 aromatic rings. The van der Waals surface area contributed by atoms with Crippen LogP contribution in [0.3, 0.4) is 0 Å². The number of nitrogens with zero attached hydrogens (tertiary/aromatic N) is 3. The van der Waals surface area contributed by atoms with E-state index in [1.165, 1.54) is 22.8 Å². The molecule has 0 atom stereocenters. The van der Waals surface area contributed by atoms with Gasteiger partial charge in [0, 0.05) is 11.8 Å². The zero-order chi connectivity index (χ0) is 15.0. The minimum atomic E-state index is -4.37. The molecule has 0 spiro atoms. The van der Waals surface area contributed by atoms with Gasteiger partial charge in [-0.3, -0.25) is 4.79 Å². The highest BCUT2D eigenvalue weighted by molar-refractivity contribution is 5.84. The Morgan fingerprint density at radius 1 is 1.10 bits per heavy atom. The second kappa shape index (κ2) is 4.69. The van der Waals surface area contributed by atoms with Crippen LogP contribution in [0.2, 0.25) is 0 Å². The van der Waals surface area contributed by atoms with Crippen molar-refractivity contribution < 1.29 is 18.0 Å². The Hall–Kier alpha value is -2.70. The number of fused-ring (bicyclic) bond motifs is 1. The van der Waals surface area contributed by atoms with E-state index in [1.54, 1.807) is 12.3 Å². The number of aromatic nitrogens is 3. The lowest BCUT2D eigenvalue weighted by molar-refractivity contribution is -0.137. The average Bonchev–Trinajstić information content (AvgIpc) is 2.88. The minimum absolute atomic E-state index is 0.323. The van der Waals surface area contributed by atoms with Gasteiger partial charge in [0.2, 0.25) is 0 Å². The van der Waals surface area contributed by atoms with Gasteiger partial charge in [-0.25, -0.2) is 9.50 Å². The first-order valence-electron chi connectivity index (χ1n) is 5.96. The molecule has 2 heterocycles. The van der Waals surface area contributed by atoms with E-state index in [0.717, 1.165) is 12.1 Å². The van der Waals surface area contributed by atoms with E-state index in [9.17, 15) is 18.0 Å². The molecule has 0 aliphatic carbocycles. The highest BCUT2D eigenvalue weighted by Crippen LogP contribution is 2.30. The van der Waals surface area contributed by atoms with Crippen LogP contribution in [0.15, 0.2) is 42.7 Å². The first-order chi connectivity index (χ1) is 9.99. The highest BCUT2D eigenvalue weighted by Gasteiger charge is 2.30. The summed E-state index contributed by atoms with van der Waals surface area (Å²) in [6, 6.07) is 6.31. The summed E-state index contributed by atoms with van der Waals surface area (Å²) in [6.45, 7) is 0. The third kappa shape index (κ3) is 2.37. The van der Waals surface area contributed by atoms with Crippen LogP contribution in [-0.2, 0) is 6.18 Å². The molecule has 1 aromatic carbocycles. The fourth-order valence-electron chi connectivity index (χ4n) is 1.96. The van der Waals surface area contributed by atoms with Gasteiger partial charge in [-0.2, -0.15) is 18.3 Å². The average molecular weight is 291 g/mol. The molecule has 0 radical (unpaired) electrons. The molecule has 106 valence electrons. The predicted octanol–water partition coefficient (Wildman–Crippen LogP) is 3.23. The largest absolute Gasteiger partial charge is 0.416 e. The van der Waals surface area contributed by atoms with Gasteiger partial charge in [-0.15, -0.1) is 0 Å². The monoisotopic (exact) mass is 291 g/mol. The highest BCUT2D eigenvalue weighted by atomic mass is 19.4. The van der Waals surface area contributed by atoms with Gasteiger partial charge in [-0.05, 0) is 18.2 Å².